The van der Waals surface area contributed by atoms with Crippen molar-refractivity contribution in [2.45, 2.75) is 0 Å². The summed E-state index contributed by atoms with van der Waals surface area (Å²) in [5.41, 5.74) is 0. The molecule has 0 rings (SSSR count). The molecule has 17 heavy (non-hydrogen) atoms. The Morgan fingerprint density at radius 2 is 0.471 bits per heavy atom. The van der Waals surface area contributed by atoms with Gasteiger partial charge in [-0.25, -0.2) is 0 Å². The molecule has 17 heteroatoms. The predicted molar refractivity (Wildman–Crippen MR) is 51.8 cm³/mol. The molecule has 0 aliphatic carbocycles. The number of nitrogens with zero attached hydrogens (tertiary/aromatic N) is 5. The first-order valence-corrected chi connectivity index (χ1v) is 1.83. The zero-order chi connectivity index (χ0) is 13.5. The van der Waals surface area contributed by atoms with Gasteiger partial charge in [0.2, 0.25) is 0 Å². The van der Waals surface area contributed by atoms with Crippen molar-refractivity contribution < 1.29 is 41.7 Å². The molecule has 0 radical (unpaired) electrons. The fraction of sp³-hybridized carbons (Fsp3) is 0. The summed E-state index contributed by atoms with van der Waals surface area (Å²) in [5.74, 6) is 0. The van der Waals surface area contributed by atoms with E-state index in [4.69, 9.17) is 50.6 Å². The summed E-state index contributed by atoms with van der Waals surface area (Å²) in [6, 6.07) is 0. The quantitative estimate of drug-likeness (QED) is 0.461. The molecule has 0 fully saturated rings. The van der Waals surface area contributed by atoms with Crippen molar-refractivity contribution in [1.29, 1.82) is 0 Å². The SMILES string of the molecule is O=N[O-].O=N[O-].O=N[O-].O=N[O-].O=N[O-].[Ce+4].[NH4+]. The van der Waals surface area contributed by atoms with E-state index in [0.29, 0.717) is 0 Å². The van der Waals surface area contributed by atoms with Crippen LogP contribution in [0, 0.1) is 92.3 Å². The van der Waals surface area contributed by atoms with E-state index in [1.807, 2.05) is 0 Å². The summed E-state index contributed by atoms with van der Waals surface area (Å²) in [6.07, 6.45) is 0. The molecule has 0 saturated carbocycles. The van der Waals surface area contributed by atoms with Crippen LogP contribution in [0.2, 0.25) is 0 Å². The average Bonchev–Trinajstić information content (AvgIpc) is 2.09. The van der Waals surface area contributed by atoms with Crippen molar-refractivity contribution in [3.05, 3.63) is 50.6 Å². The number of quaternary nitrogens is 1. The second kappa shape index (κ2) is 229. The van der Waals surface area contributed by atoms with E-state index in [2.05, 4.69) is 0 Å². The maximum Gasteiger partial charge on any atom is 4.00 e. The van der Waals surface area contributed by atoms with Gasteiger partial charge in [-0.05, 0) is 0 Å². The Balaban J connectivity index is -0.0000000143. The summed E-state index contributed by atoms with van der Waals surface area (Å²) >= 11 is 0. The Morgan fingerprint density at radius 3 is 0.471 bits per heavy atom. The van der Waals surface area contributed by atoms with Gasteiger partial charge in [0.1, 0.15) is 0 Å². The van der Waals surface area contributed by atoms with E-state index in [1.54, 1.807) is 0 Å². The molecule has 0 aromatic rings. The van der Waals surface area contributed by atoms with E-state index >= 15 is 0 Å². The van der Waals surface area contributed by atoms with E-state index in [9.17, 15) is 0 Å². The van der Waals surface area contributed by atoms with Gasteiger partial charge in [0.25, 0.3) is 0 Å². The van der Waals surface area contributed by atoms with Crippen molar-refractivity contribution >= 4 is 0 Å². The molecule has 0 amide bonds. The van der Waals surface area contributed by atoms with Gasteiger partial charge in [0.05, 0.1) is 0 Å². The first-order chi connectivity index (χ1) is 7.07. The molecule has 4 N–H and O–H groups in total. The molecule has 0 aliphatic heterocycles. The minimum absolute atomic E-state index is 0. The van der Waals surface area contributed by atoms with Gasteiger partial charge in [-0.1, -0.05) is 0 Å². The normalized spacial score (nSPS) is 3.53. The van der Waals surface area contributed by atoms with E-state index in [1.165, 1.54) is 0 Å². The van der Waals surface area contributed by atoms with Crippen molar-refractivity contribution in [3.63, 3.8) is 0 Å². The molecule has 16 nitrogen and oxygen atoms in total. The smallest absolute Gasteiger partial charge is 0.444 e. The van der Waals surface area contributed by atoms with E-state index in [-0.39, 0.29) is 47.9 Å². The van der Waals surface area contributed by atoms with Crippen LogP contribution in [-0.2, 0) is 0 Å². The summed E-state index contributed by atoms with van der Waals surface area (Å²) in [5, 5.41) is 45.0. The van der Waals surface area contributed by atoms with Crippen LogP contribution in [0.5, 0.6) is 0 Å². The van der Waals surface area contributed by atoms with Crippen LogP contribution < -0.4 is 6.15 Å². The second-order valence-corrected chi connectivity index (χ2v) is 0.373. The maximum absolute atomic E-state index is 8.00. The largest absolute Gasteiger partial charge is 4.00 e. The topological polar surface area (TPSA) is 299 Å². The zero-order valence-electron chi connectivity index (χ0n) is 7.82. The molecule has 0 bridgehead atoms. The minimum Gasteiger partial charge on any atom is -0.444 e. The van der Waals surface area contributed by atoms with Crippen molar-refractivity contribution in [2.75, 3.05) is 0 Å². The van der Waals surface area contributed by atoms with Gasteiger partial charge in [-0.2, -0.15) is 0 Å². The molecule has 0 unspecified atom stereocenters. The van der Waals surface area contributed by atoms with Crippen LogP contribution in [0.15, 0.2) is 26.7 Å². The monoisotopic (exact) mass is 388 g/mol. The van der Waals surface area contributed by atoms with Gasteiger partial charge in [0.15, 0.2) is 0 Å². The number of hydrogen-bond acceptors (Lipinski definition) is 15. The molecule has 0 heterocycles. The Bertz CT molecular complexity index is 93.1. The van der Waals surface area contributed by atoms with Gasteiger partial charge in [0, 0.05) is 0 Å². The molecular formula is H4CeN6O10. The van der Waals surface area contributed by atoms with Crippen LogP contribution in [0.1, 0.15) is 0 Å². The number of hydrogen-bond donors (Lipinski definition) is 1. The van der Waals surface area contributed by atoms with E-state index < -0.39 is 0 Å². The molecule has 0 spiro atoms. The second-order valence-electron chi connectivity index (χ2n) is 0.373. The standard InChI is InChI=1S/Ce.5HNO2.H3N/c;5*2-1-3;/h;5*(H,2,3);1H3/q+4;;;;;;/p-4. The molecule has 0 aliphatic rings. The third-order valence-corrected chi connectivity index (χ3v) is 0. The molecule has 0 aromatic heterocycles. The summed E-state index contributed by atoms with van der Waals surface area (Å²) in [6.45, 7) is 0. The summed E-state index contributed by atoms with van der Waals surface area (Å²) in [4.78, 5) is 40.0. The summed E-state index contributed by atoms with van der Waals surface area (Å²) < 4.78 is 0. The molecule has 98 valence electrons. The first kappa shape index (κ1) is 45.4. The van der Waals surface area contributed by atoms with Gasteiger partial charge < -0.3 is 56.7 Å². The minimum atomic E-state index is 0. The molecular weight excluding hydrogens is 384 g/mol. The van der Waals surface area contributed by atoms with Crippen LogP contribution in [0.25, 0.3) is 0 Å². The van der Waals surface area contributed by atoms with Crippen LogP contribution in [0.3, 0.4) is 0 Å². The Morgan fingerprint density at radius 1 is 0.471 bits per heavy atom. The van der Waals surface area contributed by atoms with Crippen LogP contribution in [-0.4, -0.2) is 0 Å². The summed E-state index contributed by atoms with van der Waals surface area (Å²) in [7, 11) is 0. The van der Waals surface area contributed by atoms with Gasteiger partial charge >= 0.3 is 41.7 Å². The number of rotatable bonds is 0. The van der Waals surface area contributed by atoms with Gasteiger partial charge in [-0.15, -0.1) is 26.7 Å². The predicted octanol–water partition coefficient (Wildman–Crippen LogP) is 1.63. The van der Waals surface area contributed by atoms with Crippen molar-refractivity contribution in [3.8, 4) is 0 Å². The first-order valence-electron chi connectivity index (χ1n) is 1.83. The van der Waals surface area contributed by atoms with Gasteiger partial charge in [-0.3, -0.25) is 0 Å². The third-order valence-electron chi connectivity index (χ3n) is 0. The molecule has 0 aromatic carbocycles. The van der Waals surface area contributed by atoms with E-state index in [0.717, 1.165) is 26.7 Å². The Kier molecular flexibility index (Phi) is 611. The molecule has 0 saturated heterocycles. The molecule has 0 atom stereocenters. The maximum atomic E-state index is 8.00. The van der Waals surface area contributed by atoms with Crippen LogP contribution in [0.4, 0.5) is 0 Å². The Labute approximate surface area is 125 Å². The fourth-order valence-electron chi connectivity index (χ4n) is 0. The van der Waals surface area contributed by atoms with Crippen molar-refractivity contribution in [1.82, 2.24) is 6.15 Å². The zero-order valence-corrected chi connectivity index (χ0v) is 11.0. The fourth-order valence-corrected chi connectivity index (χ4v) is 0. The average molecular weight is 388 g/mol. The van der Waals surface area contributed by atoms with Crippen LogP contribution >= 0.6 is 0 Å². The Hall–Kier alpha value is -1.66. The van der Waals surface area contributed by atoms with Crippen molar-refractivity contribution in [2.24, 2.45) is 26.7 Å². The third kappa shape index (κ3) is 789.